The molecule has 0 spiro atoms. The van der Waals surface area contributed by atoms with Gasteiger partial charge in [-0.05, 0) is 44.9 Å². The van der Waals surface area contributed by atoms with Crippen LogP contribution in [0.5, 0.6) is 5.75 Å². The molecule has 1 fully saturated rings. The summed E-state index contributed by atoms with van der Waals surface area (Å²) in [4.78, 5) is 39.3. The molecule has 2 N–H and O–H groups in total. The topological polar surface area (TPSA) is 97.6 Å². The first-order valence-corrected chi connectivity index (χ1v) is 11.8. The molecule has 3 rings (SSSR count). The minimum absolute atomic E-state index is 0.206. The highest BCUT2D eigenvalue weighted by molar-refractivity contribution is 6.00. The van der Waals surface area contributed by atoms with Crippen LogP contribution in [0, 0.1) is 0 Å². The number of ether oxygens (including phenoxy) is 1. The fraction of sp³-hybridized carbons (Fsp3) is 0.708. The first-order valence-electron chi connectivity index (χ1n) is 11.8. The zero-order valence-corrected chi connectivity index (χ0v) is 18.9. The van der Waals surface area contributed by atoms with Crippen molar-refractivity contribution in [3.63, 3.8) is 0 Å². The summed E-state index contributed by atoms with van der Waals surface area (Å²) < 4.78 is 6.69. The molecule has 1 heterocycles. The number of aromatic hydroxyl groups is 1. The van der Waals surface area contributed by atoms with Crippen LogP contribution in [0.1, 0.15) is 99.2 Å². The van der Waals surface area contributed by atoms with Crippen molar-refractivity contribution >= 4 is 11.9 Å². The molecule has 1 aromatic heterocycles. The molecule has 31 heavy (non-hydrogen) atoms. The van der Waals surface area contributed by atoms with Crippen LogP contribution in [0.15, 0.2) is 4.79 Å². The lowest BCUT2D eigenvalue weighted by molar-refractivity contribution is -0.149. The van der Waals surface area contributed by atoms with Crippen LogP contribution in [0.3, 0.4) is 0 Å². The van der Waals surface area contributed by atoms with E-state index in [1.54, 1.807) is 4.57 Å². The van der Waals surface area contributed by atoms with Crippen molar-refractivity contribution in [2.24, 2.45) is 0 Å². The van der Waals surface area contributed by atoms with Crippen LogP contribution in [-0.2, 0) is 28.9 Å². The summed E-state index contributed by atoms with van der Waals surface area (Å²) in [6.07, 6.45) is 10.7. The predicted octanol–water partition coefficient (Wildman–Crippen LogP) is 3.62. The molecule has 0 atom stereocenters. The molecule has 7 heteroatoms. The van der Waals surface area contributed by atoms with E-state index >= 15 is 0 Å². The number of pyridine rings is 1. The number of rotatable bonds is 6. The Balaban J connectivity index is 2.06. The third-order valence-corrected chi connectivity index (χ3v) is 6.84. The molecule has 7 nitrogen and oxygen atoms in total. The number of hydrogen-bond donors (Lipinski definition) is 2. The number of methoxy groups -OCH3 is 1. The van der Waals surface area contributed by atoms with E-state index in [2.05, 4.69) is 12.2 Å². The zero-order valence-electron chi connectivity index (χ0n) is 18.9. The number of esters is 1. The maximum atomic E-state index is 13.4. The largest absolute Gasteiger partial charge is 0.507 e. The Hall–Kier alpha value is -2.31. The molecule has 0 bridgehead atoms. The van der Waals surface area contributed by atoms with Gasteiger partial charge in [0.25, 0.3) is 11.5 Å². The second-order valence-electron chi connectivity index (χ2n) is 8.96. The van der Waals surface area contributed by atoms with E-state index in [4.69, 9.17) is 4.74 Å². The number of carbonyl (C=O) groups is 2. The SMILES string of the molecule is CCCCn1c2c(c(O)c(C(=O)NC3(C(=O)OC)CCCCC3)c1=O)CCCCCC2. The molecule has 1 aromatic rings. The van der Waals surface area contributed by atoms with E-state index in [9.17, 15) is 19.5 Å². The van der Waals surface area contributed by atoms with Crippen molar-refractivity contribution in [3.8, 4) is 5.75 Å². The molecule has 2 aliphatic carbocycles. The third kappa shape index (κ3) is 4.80. The normalized spacial score (nSPS) is 18.4. The molecule has 1 saturated carbocycles. The van der Waals surface area contributed by atoms with Crippen LogP contribution < -0.4 is 10.9 Å². The highest BCUT2D eigenvalue weighted by Gasteiger charge is 2.43. The quantitative estimate of drug-likeness (QED) is 0.669. The number of aromatic nitrogens is 1. The first-order chi connectivity index (χ1) is 14.9. The maximum absolute atomic E-state index is 13.4. The van der Waals surface area contributed by atoms with Gasteiger partial charge in [-0.1, -0.05) is 45.4 Å². The van der Waals surface area contributed by atoms with Gasteiger partial charge in [-0.25, -0.2) is 4.79 Å². The molecule has 0 radical (unpaired) electrons. The summed E-state index contributed by atoms with van der Waals surface area (Å²) in [5.74, 6) is -1.37. The van der Waals surface area contributed by atoms with Gasteiger partial charge in [0, 0.05) is 17.8 Å². The molecular weight excluding hydrogens is 396 g/mol. The predicted molar refractivity (Wildman–Crippen MR) is 118 cm³/mol. The Kier molecular flexibility index (Phi) is 7.79. The lowest BCUT2D eigenvalue weighted by atomic mass is 9.81. The van der Waals surface area contributed by atoms with Crippen molar-refractivity contribution in [3.05, 3.63) is 27.2 Å². The van der Waals surface area contributed by atoms with Gasteiger partial charge in [-0.15, -0.1) is 0 Å². The van der Waals surface area contributed by atoms with Crippen molar-refractivity contribution in [2.75, 3.05) is 7.11 Å². The second-order valence-corrected chi connectivity index (χ2v) is 8.96. The molecule has 0 unspecified atom stereocenters. The van der Waals surface area contributed by atoms with Gasteiger partial charge in [-0.3, -0.25) is 9.59 Å². The summed E-state index contributed by atoms with van der Waals surface area (Å²) in [5.41, 5.74) is -0.242. The van der Waals surface area contributed by atoms with E-state index in [0.29, 0.717) is 25.8 Å². The van der Waals surface area contributed by atoms with Gasteiger partial charge in [0.2, 0.25) is 0 Å². The summed E-state index contributed by atoms with van der Waals surface area (Å²) in [6.45, 7) is 2.59. The van der Waals surface area contributed by atoms with Gasteiger partial charge in [0.15, 0.2) is 0 Å². The van der Waals surface area contributed by atoms with E-state index < -0.39 is 23.0 Å². The van der Waals surface area contributed by atoms with Crippen LogP contribution in [0.25, 0.3) is 0 Å². The number of fused-ring (bicyclic) bond motifs is 1. The van der Waals surface area contributed by atoms with E-state index in [0.717, 1.165) is 75.5 Å². The van der Waals surface area contributed by atoms with Crippen molar-refractivity contribution in [2.45, 2.75) is 102 Å². The number of unbranched alkanes of at least 4 members (excludes halogenated alkanes) is 1. The highest BCUT2D eigenvalue weighted by atomic mass is 16.5. The van der Waals surface area contributed by atoms with Crippen molar-refractivity contribution in [1.82, 2.24) is 9.88 Å². The Morgan fingerprint density at radius 3 is 2.35 bits per heavy atom. The van der Waals surface area contributed by atoms with E-state index in [1.165, 1.54) is 7.11 Å². The Labute approximate surface area is 184 Å². The molecule has 172 valence electrons. The highest BCUT2D eigenvalue weighted by Crippen LogP contribution is 2.32. The van der Waals surface area contributed by atoms with Crippen molar-refractivity contribution < 1.29 is 19.4 Å². The van der Waals surface area contributed by atoms with Crippen LogP contribution in [0.4, 0.5) is 0 Å². The van der Waals surface area contributed by atoms with Crippen LogP contribution in [-0.4, -0.2) is 34.2 Å². The number of nitrogens with zero attached hydrogens (tertiary/aromatic N) is 1. The molecule has 1 amide bonds. The number of nitrogens with one attached hydrogen (secondary N) is 1. The average Bonchev–Trinajstić information content (AvgIpc) is 2.74. The van der Waals surface area contributed by atoms with Gasteiger partial charge in [0.05, 0.1) is 7.11 Å². The monoisotopic (exact) mass is 432 g/mol. The third-order valence-electron chi connectivity index (χ3n) is 6.84. The van der Waals surface area contributed by atoms with E-state index in [-0.39, 0.29) is 11.3 Å². The average molecular weight is 433 g/mol. The smallest absolute Gasteiger partial charge is 0.331 e. The summed E-state index contributed by atoms with van der Waals surface area (Å²) in [7, 11) is 1.31. The fourth-order valence-electron chi connectivity index (χ4n) is 5.07. The molecule has 0 aliphatic heterocycles. The minimum Gasteiger partial charge on any atom is -0.507 e. The standard InChI is InChI=1S/C24H36N2O5/c1-3-4-16-26-18-13-9-6-5-8-12-17(18)20(27)19(22(26)29)21(28)25-24(23(30)31-2)14-10-7-11-15-24/h27H,3-16H2,1-2H3,(H,25,28). The zero-order chi connectivity index (χ0) is 22.4. The van der Waals surface area contributed by atoms with Gasteiger partial charge >= 0.3 is 5.97 Å². The van der Waals surface area contributed by atoms with Crippen LogP contribution >= 0.6 is 0 Å². The summed E-state index contributed by atoms with van der Waals surface area (Å²) in [5, 5.41) is 13.9. The lowest BCUT2D eigenvalue weighted by Gasteiger charge is -2.35. The van der Waals surface area contributed by atoms with Gasteiger partial charge in [0.1, 0.15) is 16.9 Å². The van der Waals surface area contributed by atoms with Gasteiger partial charge < -0.3 is 19.7 Å². The second kappa shape index (κ2) is 10.3. The first kappa shape index (κ1) is 23.4. The maximum Gasteiger partial charge on any atom is 0.331 e. The summed E-state index contributed by atoms with van der Waals surface area (Å²) >= 11 is 0. The van der Waals surface area contributed by atoms with Crippen LogP contribution in [0.2, 0.25) is 0 Å². The number of hydrogen-bond acceptors (Lipinski definition) is 5. The fourth-order valence-corrected chi connectivity index (χ4v) is 5.07. The number of amides is 1. The molecule has 2 aliphatic rings. The molecule has 0 aromatic carbocycles. The molecular formula is C24H36N2O5. The Morgan fingerprint density at radius 2 is 1.71 bits per heavy atom. The van der Waals surface area contributed by atoms with E-state index in [1.807, 2.05) is 0 Å². The summed E-state index contributed by atoms with van der Waals surface area (Å²) in [6, 6.07) is 0. The van der Waals surface area contributed by atoms with Gasteiger partial charge in [-0.2, -0.15) is 0 Å². The van der Waals surface area contributed by atoms with Crippen molar-refractivity contribution in [1.29, 1.82) is 0 Å². The minimum atomic E-state index is -1.14. The Bertz CT molecular complexity index is 868. The number of carbonyl (C=O) groups excluding carboxylic acids is 2. The molecule has 0 saturated heterocycles. The lowest BCUT2D eigenvalue weighted by Crippen LogP contribution is -2.57. The Morgan fingerprint density at radius 1 is 1.06 bits per heavy atom.